The Hall–Kier alpha value is -1.39. The summed E-state index contributed by atoms with van der Waals surface area (Å²) < 4.78 is 27.8. The standard InChI is InChI=1S/C12H8ClIN2O4S/c13-11-6-5-10(16(17)18)7-12(11)21(19,20)15-9-3-1-8(14)2-4-9/h1-7,15H. The molecule has 6 nitrogen and oxygen atoms in total. The maximum absolute atomic E-state index is 12.3. The molecule has 0 radical (unpaired) electrons. The van der Waals surface area contributed by atoms with Crippen molar-refractivity contribution in [1.82, 2.24) is 0 Å². The molecule has 0 saturated carbocycles. The molecule has 0 spiro atoms. The first-order valence-corrected chi connectivity index (χ1v) is 8.46. The van der Waals surface area contributed by atoms with Gasteiger partial charge in [0.2, 0.25) is 0 Å². The van der Waals surface area contributed by atoms with Gasteiger partial charge in [-0.25, -0.2) is 8.42 Å². The zero-order valence-electron chi connectivity index (χ0n) is 10.3. The molecule has 2 rings (SSSR count). The molecule has 0 fully saturated rings. The van der Waals surface area contributed by atoms with Crippen molar-refractivity contribution < 1.29 is 13.3 Å². The van der Waals surface area contributed by atoms with Crippen molar-refractivity contribution in [1.29, 1.82) is 0 Å². The highest BCUT2D eigenvalue weighted by molar-refractivity contribution is 14.1. The molecule has 9 heteroatoms. The van der Waals surface area contributed by atoms with Crippen molar-refractivity contribution in [2.75, 3.05) is 4.72 Å². The van der Waals surface area contributed by atoms with Crippen molar-refractivity contribution in [3.05, 3.63) is 61.2 Å². The minimum absolute atomic E-state index is 0.0846. The number of anilines is 1. The molecule has 21 heavy (non-hydrogen) atoms. The molecule has 0 aliphatic carbocycles. The van der Waals surface area contributed by atoms with E-state index in [2.05, 4.69) is 27.3 Å². The van der Waals surface area contributed by atoms with Crippen molar-refractivity contribution in [3.63, 3.8) is 0 Å². The Morgan fingerprint density at radius 1 is 1.14 bits per heavy atom. The Kier molecular flexibility index (Phi) is 4.69. The molecule has 0 amide bonds. The molecule has 2 aromatic carbocycles. The molecule has 110 valence electrons. The minimum atomic E-state index is -4.00. The summed E-state index contributed by atoms with van der Waals surface area (Å²) in [6.07, 6.45) is 0. The Morgan fingerprint density at radius 3 is 2.33 bits per heavy atom. The van der Waals surface area contributed by atoms with E-state index >= 15 is 0 Å². The molecule has 2 aromatic rings. The molecule has 0 aliphatic rings. The highest BCUT2D eigenvalue weighted by atomic mass is 127. The van der Waals surface area contributed by atoms with Gasteiger partial charge in [-0.15, -0.1) is 0 Å². The predicted molar refractivity (Wildman–Crippen MR) is 88.1 cm³/mol. The van der Waals surface area contributed by atoms with Crippen LogP contribution in [0.25, 0.3) is 0 Å². The second-order valence-corrected chi connectivity index (χ2v) is 7.29. The van der Waals surface area contributed by atoms with Crippen LogP contribution in [0.2, 0.25) is 5.02 Å². The van der Waals surface area contributed by atoms with Gasteiger partial charge in [-0.3, -0.25) is 14.8 Å². The SMILES string of the molecule is O=[N+]([O-])c1ccc(Cl)c(S(=O)(=O)Nc2ccc(I)cc2)c1. The van der Waals surface area contributed by atoms with Crippen molar-refractivity contribution in [3.8, 4) is 0 Å². The van der Waals surface area contributed by atoms with E-state index in [1.807, 2.05) is 0 Å². The predicted octanol–water partition coefficient (Wildman–Crippen LogP) is 3.65. The molecule has 0 unspecified atom stereocenters. The highest BCUT2D eigenvalue weighted by Gasteiger charge is 2.21. The lowest BCUT2D eigenvalue weighted by atomic mass is 10.3. The van der Waals surface area contributed by atoms with Gasteiger partial charge in [0, 0.05) is 21.4 Å². The number of nitrogens with one attached hydrogen (secondary N) is 1. The first kappa shape index (κ1) is 16.0. The summed E-state index contributed by atoms with van der Waals surface area (Å²) in [5, 5.41) is 10.6. The maximum atomic E-state index is 12.3. The van der Waals surface area contributed by atoms with Gasteiger partial charge in [-0.1, -0.05) is 11.6 Å². The van der Waals surface area contributed by atoms with Crippen molar-refractivity contribution in [2.45, 2.75) is 4.90 Å². The van der Waals surface area contributed by atoms with E-state index in [0.29, 0.717) is 5.69 Å². The summed E-state index contributed by atoms with van der Waals surface area (Å²) in [6.45, 7) is 0. The number of non-ortho nitro benzene ring substituents is 1. The molecular formula is C12H8ClIN2O4S. The molecular weight excluding hydrogens is 431 g/mol. The maximum Gasteiger partial charge on any atom is 0.270 e. The first-order chi connectivity index (χ1) is 9.79. The van der Waals surface area contributed by atoms with Crippen LogP contribution < -0.4 is 4.72 Å². The van der Waals surface area contributed by atoms with Crippen LogP contribution in [0.1, 0.15) is 0 Å². The lowest BCUT2D eigenvalue weighted by molar-refractivity contribution is -0.385. The van der Waals surface area contributed by atoms with Gasteiger partial charge in [-0.05, 0) is 52.9 Å². The zero-order valence-corrected chi connectivity index (χ0v) is 14.0. The second-order valence-electron chi connectivity index (χ2n) is 3.98. The molecule has 0 heterocycles. The summed E-state index contributed by atoms with van der Waals surface area (Å²) in [6, 6.07) is 9.89. The molecule has 0 aliphatic heterocycles. The van der Waals surface area contributed by atoms with Crippen LogP contribution >= 0.6 is 34.2 Å². The number of halogens is 2. The van der Waals surface area contributed by atoms with Crippen molar-refractivity contribution >= 4 is 55.6 Å². The van der Waals surface area contributed by atoms with Gasteiger partial charge in [0.05, 0.1) is 9.95 Å². The lowest BCUT2D eigenvalue weighted by Gasteiger charge is -2.09. The van der Waals surface area contributed by atoms with Crippen LogP contribution in [0, 0.1) is 13.7 Å². The fraction of sp³-hybridized carbons (Fsp3) is 0. The number of benzene rings is 2. The summed E-state index contributed by atoms with van der Waals surface area (Å²) >= 11 is 7.92. The Balaban J connectivity index is 2.41. The first-order valence-electron chi connectivity index (χ1n) is 5.52. The van der Waals surface area contributed by atoms with Crippen LogP contribution in [-0.2, 0) is 10.0 Å². The van der Waals surface area contributed by atoms with Crippen LogP contribution in [0.5, 0.6) is 0 Å². The Morgan fingerprint density at radius 2 is 1.76 bits per heavy atom. The fourth-order valence-electron chi connectivity index (χ4n) is 1.54. The second kappa shape index (κ2) is 6.16. The van der Waals surface area contributed by atoms with Crippen LogP contribution in [0.3, 0.4) is 0 Å². The zero-order chi connectivity index (χ0) is 15.6. The normalized spacial score (nSPS) is 11.1. The molecule has 0 saturated heterocycles. The topological polar surface area (TPSA) is 89.3 Å². The molecule has 0 aromatic heterocycles. The van der Waals surface area contributed by atoms with E-state index in [-0.39, 0.29) is 15.6 Å². The van der Waals surface area contributed by atoms with Crippen molar-refractivity contribution in [2.24, 2.45) is 0 Å². The minimum Gasteiger partial charge on any atom is -0.280 e. The van der Waals surface area contributed by atoms with Gasteiger partial charge in [0.25, 0.3) is 15.7 Å². The van der Waals surface area contributed by atoms with E-state index in [9.17, 15) is 18.5 Å². The smallest absolute Gasteiger partial charge is 0.270 e. The van der Waals surface area contributed by atoms with Gasteiger partial charge in [0.15, 0.2) is 0 Å². The highest BCUT2D eigenvalue weighted by Crippen LogP contribution is 2.27. The van der Waals surface area contributed by atoms with E-state index < -0.39 is 14.9 Å². The monoisotopic (exact) mass is 438 g/mol. The molecule has 0 atom stereocenters. The largest absolute Gasteiger partial charge is 0.280 e. The number of nitrogens with zero attached hydrogens (tertiary/aromatic N) is 1. The van der Waals surface area contributed by atoms with Gasteiger partial charge in [-0.2, -0.15) is 0 Å². The third-order valence-corrected chi connectivity index (χ3v) is 5.09. The van der Waals surface area contributed by atoms with Gasteiger partial charge < -0.3 is 0 Å². The van der Waals surface area contributed by atoms with Crippen LogP contribution in [0.4, 0.5) is 11.4 Å². The van der Waals surface area contributed by atoms with E-state index in [1.165, 1.54) is 6.07 Å². The lowest BCUT2D eigenvalue weighted by Crippen LogP contribution is -2.13. The quantitative estimate of drug-likeness (QED) is 0.448. The number of rotatable bonds is 4. The third kappa shape index (κ3) is 3.83. The molecule has 0 bridgehead atoms. The third-order valence-electron chi connectivity index (χ3n) is 2.51. The summed E-state index contributed by atoms with van der Waals surface area (Å²) in [5.74, 6) is 0. The average molecular weight is 439 g/mol. The summed E-state index contributed by atoms with van der Waals surface area (Å²) in [5.41, 5.74) is 0.000346. The molecule has 1 N–H and O–H groups in total. The Labute approximate surface area is 139 Å². The summed E-state index contributed by atoms with van der Waals surface area (Å²) in [7, 11) is -4.00. The number of hydrogen-bond donors (Lipinski definition) is 1. The average Bonchev–Trinajstić information content (AvgIpc) is 2.41. The number of sulfonamides is 1. The van der Waals surface area contributed by atoms with Gasteiger partial charge >= 0.3 is 0 Å². The summed E-state index contributed by atoms with van der Waals surface area (Å²) in [4.78, 5) is 9.72. The van der Waals surface area contributed by atoms with Gasteiger partial charge in [0.1, 0.15) is 4.90 Å². The fourth-order valence-corrected chi connectivity index (χ4v) is 3.48. The van der Waals surface area contributed by atoms with E-state index in [0.717, 1.165) is 15.7 Å². The van der Waals surface area contributed by atoms with E-state index in [1.54, 1.807) is 24.3 Å². The number of hydrogen-bond acceptors (Lipinski definition) is 4. The van der Waals surface area contributed by atoms with E-state index in [4.69, 9.17) is 11.6 Å². The number of nitro benzene ring substituents is 1. The number of nitro groups is 1. The Bertz CT molecular complexity index is 793. The van der Waals surface area contributed by atoms with Crippen LogP contribution in [0.15, 0.2) is 47.4 Å². The van der Waals surface area contributed by atoms with Crippen LogP contribution in [-0.4, -0.2) is 13.3 Å².